The summed E-state index contributed by atoms with van der Waals surface area (Å²) in [4.78, 5) is 0. The molecule has 1 aromatic heterocycles. The van der Waals surface area contributed by atoms with Crippen LogP contribution >= 0.6 is 31.9 Å². The molecule has 1 heterocycles. The molecule has 0 saturated heterocycles. The van der Waals surface area contributed by atoms with Crippen LogP contribution in [-0.4, -0.2) is 9.78 Å². The Bertz CT molecular complexity index is 637. The number of halogens is 2. The molecule has 0 aliphatic carbocycles. The molecular formula is C15H20Br2N4. The second kappa shape index (κ2) is 7.05. The smallest absolute Gasteiger partial charge is 0.0766 e. The Hall–Kier alpha value is -0.690. The van der Waals surface area contributed by atoms with Crippen LogP contribution < -0.4 is 11.3 Å². The van der Waals surface area contributed by atoms with Gasteiger partial charge in [-0.3, -0.25) is 16.0 Å². The molecule has 3 N–H and O–H groups in total. The normalized spacial score (nSPS) is 12.7. The van der Waals surface area contributed by atoms with Crippen molar-refractivity contribution < 1.29 is 0 Å². The molecule has 21 heavy (non-hydrogen) atoms. The molecule has 0 amide bonds. The van der Waals surface area contributed by atoms with Gasteiger partial charge < -0.3 is 0 Å². The Kier molecular flexibility index (Phi) is 5.60. The van der Waals surface area contributed by atoms with Gasteiger partial charge in [0.15, 0.2) is 0 Å². The highest BCUT2D eigenvalue weighted by molar-refractivity contribution is 9.10. The van der Waals surface area contributed by atoms with E-state index >= 15 is 0 Å². The van der Waals surface area contributed by atoms with Gasteiger partial charge in [0.1, 0.15) is 0 Å². The Morgan fingerprint density at radius 3 is 2.67 bits per heavy atom. The molecule has 1 aromatic carbocycles. The van der Waals surface area contributed by atoms with Gasteiger partial charge in [-0.15, -0.1) is 0 Å². The third-order valence-electron chi connectivity index (χ3n) is 3.72. The number of hydrogen-bond acceptors (Lipinski definition) is 3. The van der Waals surface area contributed by atoms with Crippen molar-refractivity contribution in [3.8, 4) is 0 Å². The van der Waals surface area contributed by atoms with Gasteiger partial charge >= 0.3 is 0 Å². The van der Waals surface area contributed by atoms with Crippen molar-refractivity contribution in [2.24, 2.45) is 12.9 Å². The van der Waals surface area contributed by atoms with Crippen molar-refractivity contribution in [2.75, 3.05) is 0 Å². The van der Waals surface area contributed by atoms with Crippen molar-refractivity contribution in [3.05, 3.63) is 49.7 Å². The quantitative estimate of drug-likeness (QED) is 0.579. The second-order valence-corrected chi connectivity index (χ2v) is 6.82. The maximum atomic E-state index is 5.80. The summed E-state index contributed by atoms with van der Waals surface area (Å²) < 4.78 is 4.07. The third-order valence-corrected chi connectivity index (χ3v) is 5.13. The van der Waals surface area contributed by atoms with Crippen LogP contribution in [0.5, 0.6) is 0 Å². The largest absolute Gasteiger partial charge is 0.271 e. The van der Waals surface area contributed by atoms with Crippen LogP contribution in [0.1, 0.15) is 35.5 Å². The van der Waals surface area contributed by atoms with E-state index in [1.54, 1.807) is 0 Å². The molecule has 0 saturated carbocycles. The molecule has 6 heteroatoms. The Morgan fingerprint density at radius 2 is 2.10 bits per heavy atom. The number of nitrogens with one attached hydrogen (secondary N) is 1. The summed E-state index contributed by atoms with van der Waals surface area (Å²) in [5, 5.41) is 4.54. The predicted octanol–water partition coefficient (Wildman–Crippen LogP) is 3.56. The Balaban J connectivity index is 2.36. The van der Waals surface area contributed by atoms with Crippen molar-refractivity contribution in [1.82, 2.24) is 15.2 Å². The number of aromatic nitrogens is 2. The fraction of sp³-hybridized carbons (Fsp3) is 0.400. The fourth-order valence-corrected chi connectivity index (χ4v) is 3.64. The van der Waals surface area contributed by atoms with Crippen molar-refractivity contribution in [1.29, 1.82) is 0 Å². The first kappa shape index (κ1) is 16.7. The van der Waals surface area contributed by atoms with E-state index in [0.717, 1.165) is 33.2 Å². The maximum absolute atomic E-state index is 5.80. The zero-order valence-corrected chi connectivity index (χ0v) is 15.6. The summed E-state index contributed by atoms with van der Waals surface area (Å²) in [5.74, 6) is 5.80. The van der Waals surface area contributed by atoms with E-state index in [2.05, 4.69) is 68.4 Å². The number of hydrogen-bond donors (Lipinski definition) is 2. The standard InChI is InChI=1S/C15H20Br2N4/c1-4-12-15(17)14(21(3)20-12)8-13(19-18)11-7-10(16)6-5-9(11)2/h5-7,13,19H,4,8,18H2,1-3H3. The predicted molar refractivity (Wildman–Crippen MR) is 92.9 cm³/mol. The molecule has 0 aliphatic heterocycles. The van der Waals surface area contributed by atoms with Gasteiger partial charge in [-0.05, 0) is 52.5 Å². The van der Waals surface area contributed by atoms with E-state index in [-0.39, 0.29) is 6.04 Å². The molecule has 0 spiro atoms. The summed E-state index contributed by atoms with van der Waals surface area (Å²) in [6, 6.07) is 6.30. The molecule has 0 bridgehead atoms. The summed E-state index contributed by atoms with van der Waals surface area (Å²) in [6.07, 6.45) is 1.68. The van der Waals surface area contributed by atoms with E-state index < -0.39 is 0 Å². The van der Waals surface area contributed by atoms with Gasteiger partial charge in [0, 0.05) is 17.9 Å². The molecule has 4 nitrogen and oxygen atoms in total. The van der Waals surface area contributed by atoms with E-state index in [4.69, 9.17) is 5.84 Å². The van der Waals surface area contributed by atoms with Crippen molar-refractivity contribution in [3.63, 3.8) is 0 Å². The maximum Gasteiger partial charge on any atom is 0.0766 e. The van der Waals surface area contributed by atoms with Gasteiger partial charge in [0.25, 0.3) is 0 Å². The minimum atomic E-state index is 0.0407. The van der Waals surface area contributed by atoms with Gasteiger partial charge in [0.2, 0.25) is 0 Å². The molecular weight excluding hydrogens is 396 g/mol. The number of nitrogens with two attached hydrogens (primary N) is 1. The molecule has 2 rings (SSSR count). The van der Waals surface area contributed by atoms with E-state index in [9.17, 15) is 0 Å². The number of aryl methyl sites for hydroxylation is 3. The molecule has 2 aromatic rings. The van der Waals surface area contributed by atoms with Crippen LogP contribution in [0.2, 0.25) is 0 Å². The van der Waals surface area contributed by atoms with Crippen LogP contribution in [0, 0.1) is 6.92 Å². The lowest BCUT2D eigenvalue weighted by Crippen LogP contribution is -2.30. The average molecular weight is 416 g/mol. The van der Waals surface area contributed by atoms with E-state index in [1.165, 1.54) is 11.1 Å². The Labute approximate surface area is 142 Å². The van der Waals surface area contributed by atoms with Crippen molar-refractivity contribution >= 4 is 31.9 Å². The first-order chi connectivity index (χ1) is 9.97. The highest BCUT2D eigenvalue weighted by Crippen LogP contribution is 2.29. The summed E-state index contributed by atoms with van der Waals surface area (Å²) in [7, 11) is 1.97. The molecule has 0 radical (unpaired) electrons. The van der Waals surface area contributed by atoms with Crippen LogP contribution in [0.25, 0.3) is 0 Å². The van der Waals surface area contributed by atoms with Crippen molar-refractivity contribution in [2.45, 2.75) is 32.7 Å². The van der Waals surface area contributed by atoms with Gasteiger partial charge in [-0.25, -0.2) is 0 Å². The SMILES string of the molecule is CCc1nn(C)c(CC(NN)c2cc(Br)ccc2C)c1Br. The fourth-order valence-electron chi connectivity index (χ4n) is 2.48. The topological polar surface area (TPSA) is 55.9 Å². The van der Waals surface area contributed by atoms with Crippen LogP contribution in [0.4, 0.5) is 0 Å². The van der Waals surface area contributed by atoms with E-state index in [0.29, 0.717) is 0 Å². The highest BCUT2D eigenvalue weighted by atomic mass is 79.9. The monoisotopic (exact) mass is 414 g/mol. The molecule has 114 valence electrons. The number of rotatable bonds is 5. The lowest BCUT2D eigenvalue weighted by molar-refractivity contribution is 0.526. The highest BCUT2D eigenvalue weighted by Gasteiger charge is 2.19. The lowest BCUT2D eigenvalue weighted by Gasteiger charge is -2.19. The van der Waals surface area contributed by atoms with Gasteiger partial charge in [-0.2, -0.15) is 5.10 Å². The number of benzene rings is 1. The number of hydrazine groups is 1. The average Bonchev–Trinajstić information content (AvgIpc) is 2.74. The molecule has 0 aliphatic rings. The van der Waals surface area contributed by atoms with Crippen LogP contribution in [0.15, 0.2) is 27.1 Å². The zero-order valence-electron chi connectivity index (χ0n) is 12.5. The molecule has 1 unspecified atom stereocenters. The minimum Gasteiger partial charge on any atom is -0.271 e. The third kappa shape index (κ3) is 3.56. The minimum absolute atomic E-state index is 0.0407. The van der Waals surface area contributed by atoms with Crippen LogP contribution in [0.3, 0.4) is 0 Å². The summed E-state index contributed by atoms with van der Waals surface area (Å²) >= 11 is 7.19. The summed E-state index contributed by atoms with van der Waals surface area (Å²) in [6.45, 7) is 4.20. The first-order valence-corrected chi connectivity index (χ1v) is 8.48. The van der Waals surface area contributed by atoms with Gasteiger partial charge in [-0.1, -0.05) is 28.9 Å². The van der Waals surface area contributed by atoms with Gasteiger partial charge in [0.05, 0.1) is 21.9 Å². The zero-order chi connectivity index (χ0) is 15.6. The molecule has 1 atom stereocenters. The first-order valence-electron chi connectivity index (χ1n) is 6.90. The summed E-state index contributed by atoms with van der Waals surface area (Å²) in [5.41, 5.74) is 7.57. The van der Waals surface area contributed by atoms with E-state index in [1.807, 2.05) is 17.8 Å². The second-order valence-electron chi connectivity index (χ2n) is 5.11. The molecule has 0 fully saturated rings. The lowest BCUT2D eigenvalue weighted by atomic mass is 9.98. The number of nitrogens with zero attached hydrogens (tertiary/aromatic N) is 2. The van der Waals surface area contributed by atoms with Crippen LogP contribution in [-0.2, 0) is 19.9 Å². The Morgan fingerprint density at radius 1 is 1.38 bits per heavy atom.